The summed E-state index contributed by atoms with van der Waals surface area (Å²) in [5, 5.41) is 0. The summed E-state index contributed by atoms with van der Waals surface area (Å²) in [5.74, 6) is 1.40. The molecule has 66 valence electrons. The van der Waals surface area contributed by atoms with E-state index in [1.165, 1.54) is 32.1 Å². The molecule has 3 aliphatic rings. The Kier molecular flexibility index (Phi) is 1.06. The third-order valence-corrected chi connectivity index (χ3v) is 4.97. The SMILES string of the molecule is C[C@]12CCCC[C@]13C(=O)CCC23. The van der Waals surface area contributed by atoms with Crippen molar-refractivity contribution in [3.8, 4) is 0 Å². The average molecular weight is 164 g/mol. The normalized spacial score (nSPS) is 56.4. The van der Waals surface area contributed by atoms with E-state index in [1.807, 2.05) is 0 Å². The van der Waals surface area contributed by atoms with E-state index in [1.54, 1.807) is 0 Å². The van der Waals surface area contributed by atoms with Crippen LogP contribution in [-0.2, 0) is 4.79 Å². The van der Waals surface area contributed by atoms with Crippen LogP contribution in [-0.4, -0.2) is 5.78 Å². The molecular weight excluding hydrogens is 148 g/mol. The molecule has 0 saturated heterocycles. The van der Waals surface area contributed by atoms with Crippen LogP contribution in [0.2, 0.25) is 0 Å². The molecule has 0 aromatic heterocycles. The standard InChI is InChI=1S/C11H16O/c1-10-6-2-3-7-11(10)8(10)4-5-9(11)12/h8H,2-7H2,1H3/t8?,10-,11+/m1/s1. The molecule has 0 radical (unpaired) electrons. The first-order chi connectivity index (χ1) is 5.72. The van der Waals surface area contributed by atoms with Crippen molar-refractivity contribution in [2.45, 2.75) is 45.4 Å². The second kappa shape index (κ2) is 1.78. The van der Waals surface area contributed by atoms with Crippen LogP contribution in [0.25, 0.3) is 0 Å². The topological polar surface area (TPSA) is 17.1 Å². The van der Waals surface area contributed by atoms with Crippen LogP contribution in [0.15, 0.2) is 0 Å². The lowest BCUT2D eigenvalue weighted by molar-refractivity contribution is -0.125. The summed E-state index contributed by atoms with van der Waals surface area (Å²) in [7, 11) is 0. The molecule has 3 fully saturated rings. The van der Waals surface area contributed by atoms with Gasteiger partial charge in [0.25, 0.3) is 0 Å². The van der Waals surface area contributed by atoms with E-state index in [9.17, 15) is 4.79 Å². The van der Waals surface area contributed by atoms with Crippen molar-refractivity contribution in [1.29, 1.82) is 0 Å². The smallest absolute Gasteiger partial charge is 0.139 e. The molecule has 3 rings (SSSR count). The Hall–Kier alpha value is -0.330. The van der Waals surface area contributed by atoms with Gasteiger partial charge in [-0.1, -0.05) is 19.8 Å². The summed E-state index contributed by atoms with van der Waals surface area (Å²) < 4.78 is 0. The van der Waals surface area contributed by atoms with Crippen LogP contribution in [0.5, 0.6) is 0 Å². The van der Waals surface area contributed by atoms with E-state index in [0.29, 0.717) is 11.2 Å². The molecule has 0 N–H and O–H groups in total. The first kappa shape index (κ1) is 7.11. The summed E-state index contributed by atoms with van der Waals surface area (Å²) in [4.78, 5) is 11.8. The van der Waals surface area contributed by atoms with Gasteiger partial charge in [0, 0.05) is 11.8 Å². The van der Waals surface area contributed by atoms with Crippen molar-refractivity contribution < 1.29 is 4.79 Å². The van der Waals surface area contributed by atoms with Crippen LogP contribution in [0.4, 0.5) is 0 Å². The van der Waals surface area contributed by atoms with Crippen LogP contribution in [0.3, 0.4) is 0 Å². The largest absolute Gasteiger partial charge is 0.299 e. The lowest BCUT2D eigenvalue weighted by atomic mass is 9.77. The molecule has 1 spiro atoms. The molecule has 0 aromatic carbocycles. The Balaban J connectivity index is 2.03. The molecule has 1 unspecified atom stereocenters. The van der Waals surface area contributed by atoms with Crippen molar-refractivity contribution in [2.24, 2.45) is 16.7 Å². The lowest BCUT2D eigenvalue weighted by Gasteiger charge is -2.26. The Morgan fingerprint density at radius 2 is 2.08 bits per heavy atom. The minimum Gasteiger partial charge on any atom is -0.299 e. The highest BCUT2D eigenvalue weighted by Crippen LogP contribution is 2.80. The van der Waals surface area contributed by atoms with Gasteiger partial charge in [-0.2, -0.15) is 0 Å². The van der Waals surface area contributed by atoms with E-state index in [0.717, 1.165) is 12.3 Å². The first-order valence-corrected chi connectivity index (χ1v) is 5.25. The van der Waals surface area contributed by atoms with Gasteiger partial charge < -0.3 is 0 Å². The van der Waals surface area contributed by atoms with Crippen molar-refractivity contribution in [3.63, 3.8) is 0 Å². The number of carbonyl (C=O) groups excluding carboxylic acids is 1. The molecule has 1 heteroatoms. The molecule has 3 atom stereocenters. The van der Waals surface area contributed by atoms with Crippen molar-refractivity contribution in [2.75, 3.05) is 0 Å². The zero-order chi connectivity index (χ0) is 8.40. The number of carbonyl (C=O) groups is 1. The van der Waals surface area contributed by atoms with E-state index < -0.39 is 0 Å². The van der Waals surface area contributed by atoms with Gasteiger partial charge in [-0.3, -0.25) is 4.79 Å². The number of hydrogen-bond acceptors (Lipinski definition) is 1. The minimum atomic E-state index is 0.214. The minimum absolute atomic E-state index is 0.214. The first-order valence-electron chi connectivity index (χ1n) is 5.25. The van der Waals surface area contributed by atoms with E-state index in [4.69, 9.17) is 0 Å². The molecular formula is C11H16O. The van der Waals surface area contributed by atoms with Gasteiger partial charge in [-0.05, 0) is 30.6 Å². The van der Waals surface area contributed by atoms with Gasteiger partial charge in [-0.25, -0.2) is 0 Å². The fourth-order valence-electron chi connectivity index (χ4n) is 4.33. The molecule has 0 aromatic rings. The summed E-state index contributed by atoms with van der Waals surface area (Å²) in [5.41, 5.74) is 0.672. The summed E-state index contributed by atoms with van der Waals surface area (Å²) in [6.07, 6.45) is 7.30. The van der Waals surface area contributed by atoms with Gasteiger partial charge in [0.05, 0.1) is 0 Å². The Morgan fingerprint density at radius 3 is 2.83 bits per heavy atom. The number of rotatable bonds is 0. The molecule has 3 saturated carbocycles. The molecule has 0 bridgehead atoms. The van der Waals surface area contributed by atoms with Crippen LogP contribution < -0.4 is 0 Å². The number of hydrogen-bond donors (Lipinski definition) is 0. The second-order valence-corrected chi connectivity index (χ2v) is 5.11. The quantitative estimate of drug-likeness (QED) is 0.537. The van der Waals surface area contributed by atoms with Gasteiger partial charge in [0.15, 0.2) is 0 Å². The van der Waals surface area contributed by atoms with E-state index in [-0.39, 0.29) is 5.41 Å². The lowest BCUT2D eigenvalue weighted by Crippen LogP contribution is -2.24. The van der Waals surface area contributed by atoms with E-state index >= 15 is 0 Å². The molecule has 0 amide bonds. The van der Waals surface area contributed by atoms with E-state index in [2.05, 4.69) is 6.92 Å². The van der Waals surface area contributed by atoms with Crippen LogP contribution >= 0.6 is 0 Å². The molecule has 0 aliphatic heterocycles. The maximum absolute atomic E-state index is 11.8. The fraction of sp³-hybridized carbons (Fsp3) is 0.909. The summed E-state index contributed by atoms with van der Waals surface area (Å²) >= 11 is 0. The average Bonchev–Trinajstić information content (AvgIpc) is 2.44. The third-order valence-electron chi connectivity index (χ3n) is 4.97. The number of fused-ring (bicyclic) bond motifs is 1. The fourth-order valence-corrected chi connectivity index (χ4v) is 4.33. The Morgan fingerprint density at radius 1 is 1.33 bits per heavy atom. The number of Topliss-reactive ketones (excluding diaryl/α,β-unsaturated/α-hetero) is 1. The van der Waals surface area contributed by atoms with Crippen molar-refractivity contribution >= 4 is 5.78 Å². The summed E-state index contributed by atoms with van der Waals surface area (Å²) in [6, 6.07) is 0. The number of ketones is 1. The molecule has 1 nitrogen and oxygen atoms in total. The van der Waals surface area contributed by atoms with Gasteiger partial charge in [-0.15, -0.1) is 0 Å². The van der Waals surface area contributed by atoms with Crippen molar-refractivity contribution in [1.82, 2.24) is 0 Å². The maximum Gasteiger partial charge on any atom is 0.139 e. The highest BCUT2D eigenvalue weighted by molar-refractivity contribution is 5.92. The summed E-state index contributed by atoms with van der Waals surface area (Å²) in [6.45, 7) is 2.36. The second-order valence-electron chi connectivity index (χ2n) is 5.11. The highest BCUT2D eigenvalue weighted by Gasteiger charge is 2.78. The van der Waals surface area contributed by atoms with Gasteiger partial charge in [0.2, 0.25) is 0 Å². The van der Waals surface area contributed by atoms with Gasteiger partial charge >= 0.3 is 0 Å². The maximum atomic E-state index is 11.8. The zero-order valence-corrected chi connectivity index (χ0v) is 7.73. The van der Waals surface area contributed by atoms with Gasteiger partial charge in [0.1, 0.15) is 5.78 Å². The molecule has 12 heavy (non-hydrogen) atoms. The molecule has 3 aliphatic carbocycles. The van der Waals surface area contributed by atoms with Crippen LogP contribution in [0.1, 0.15) is 45.4 Å². The highest BCUT2D eigenvalue weighted by atomic mass is 16.1. The monoisotopic (exact) mass is 164 g/mol. The zero-order valence-electron chi connectivity index (χ0n) is 7.73. The predicted molar refractivity (Wildman–Crippen MR) is 46.7 cm³/mol. The molecule has 0 heterocycles. The van der Waals surface area contributed by atoms with Crippen molar-refractivity contribution in [3.05, 3.63) is 0 Å². The third kappa shape index (κ3) is 0.486. The Bertz CT molecular complexity index is 258. The Labute approximate surface area is 73.5 Å². The predicted octanol–water partition coefficient (Wildman–Crippen LogP) is 2.55. The van der Waals surface area contributed by atoms with Crippen LogP contribution in [0, 0.1) is 16.7 Å².